The number of hydrogen-bond acceptors (Lipinski definition) is 4. The highest BCUT2D eigenvalue weighted by Gasteiger charge is 2.25. The average molecular weight is 302 g/mol. The number of aromatic nitrogens is 1. The van der Waals surface area contributed by atoms with Crippen LogP contribution < -0.4 is 0 Å². The van der Waals surface area contributed by atoms with Crippen molar-refractivity contribution in [3.05, 3.63) is 41.4 Å². The van der Waals surface area contributed by atoms with E-state index in [1.807, 2.05) is 25.1 Å². The van der Waals surface area contributed by atoms with Crippen LogP contribution in [-0.2, 0) is 6.54 Å². The van der Waals surface area contributed by atoms with Gasteiger partial charge in [0.1, 0.15) is 5.01 Å². The normalized spacial score (nSPS) is 23.9. The topological polar surface area (TPSA) is 36.4 Å². The van der Waals surface area contributed by atoms with Crippen molar-refractivity contribution in [2.45, 2.75) is 38.3 Å². The van der Waals surface area contributed by atoms with Crippen LogP contribution in [0.15, 0.2) is 35.7 Å². The Morgan fingerprint density at radius 2 is 2.05 bits per heavy atom. The Labute approximate surface area is 130 Å². The van der Waals surface area contributed by atoms with E-state index in [1.54, 1.807) is 11.3 Å². The second kappa shape index (κ2) is 6.26. The molecule has 21 heavy (non-hydrogen) atoms. The molecule has 2 heterocycles. The molecule has 1 aromatic heterocycles. The fraction of sp³-hybridized carbons (Fsp3) is 0.471. The third kappa shape index (κ3) is 3.90. The maximum atomic E-state index is 10.2. The molecule has 1 aromatic carbocycles. The van der Waals surface area contributed by atoms with Gasteiger partial charge in [0.25, 0.3) is 0 Å². The minimum atomic E-state index is -0.494. The predicted octanol–water partition coefficient (Wildman–Crippen LogP) is 3.55. The van der Waals surface area contributed by atoms with Crippen molar-refractivity contribution in [3.63, 3.8) is 0 Å². The zero-order valence-electron chi connectivity index (χ0n) is 12.5. The van der Waals surface area contributed by atoms with Crippen molar-refractivity contribution in [1.82, 2.24) is 9.88 Å². The molecular weight excluding hydrogens is 280 g/mol. The molecule has 0 radical (unpaired) electrons. The molecule has 0 amide bonds. The Hall–Kier alpha value is -1.23. The number of hydrogen-bond donors (Lipinski definition) is 1. The van der Waals surface area contributed by atoms with Gasteiger partial charge >= 0.3 is 0 Å². The first-order valence-corrected chi connectivity index (χ1v) is 8.45. The summed E-state index contributed by atoms with van der Waals surface area (Å²) in [5, 5.41) is 13.4. The molecule has 0 saturated carbocycles. The van der Waals surface area contributed by atoms with Gasteiger partial charge in [0.05, 0.1) is 11.3 Å². The summed E-state index contributed by atoms with van der Waals surface area (Å²) < 4.78 is 0. The van der Waals surface area contributed by atoms with E-state index in [4.69, 9.17) is 4.98 Å². The molecule has 1 saturated heterocycles. The molecule has 1 N–H and O–H groups in total. The molecule has 1 unspecified atom stereocenters. The van der Waals surface area contributed by atoms with Crippen LogP contribution in [0.25, 0.3) is 10.6 Å². The predicted molar refractivity (Wildman–Crippen MR) is 87.3 cm³/mol. The largest absolute Gasteiger partial charge is 0.390 e. The van der Waals surface area contributed by atoms with Crippen molar-refractivity contribution >= 4 is 11.3 Å². The van der Waals surface area contributed by atoms with Gasteiger partial charge in [-0.25, -0.2) is 4.98 Å². The third-order valence-electron chi connectivity index (χ3n) is 4.11. The lowest BCUT2D eigenvalue weighted by Crippen LogP contribution is -2.28. The summed E-state index contributed by atoms with van der Waals surface area (Å²) in [5.41, 5.74) is 1.83. The van der Waals surface area contributed by atoms with Crippen LogP contribution in [0.2, 0.25) is 0 Å². The Bertz CT molecular complexity index is 579. The van der Waals surface area contributed by atoms with Gasteiger partial charge in [-0.3, -0.25) is 4.90 Å². The summed E-state index contributed by atoms with van der Waals surface area (Å²) in [6.07, 6.45) is 2.81. The Morgan fingerprint density at radius 1 is 1.24 bits per heavy atom. The van der Waals surface area contributed by atoms with Crippen LogP contribution in [0.1, 0.15) is 31.9 Å². The summed E-state index contributed by atoms with van der Waals surface area (Å²) in [7, 11) is 0. The van der Waals surface area contributed by atoms with Crippen LogP contribution >= 0.6 is 11.3 Å². The molecule has 112 valence electrons. The molecule has 1 aliphatic heterocycles. The molecule has 0 aliphatic carbocycles. The molecule has 2 aromatic rings. The van der Waals surface area contributed by atoms with E-state index in [9.17, 15) is 5.11 Å². The van der Waals surface area contributed by atoms with E-state index in [1.165, 1.54) is 5.56 Å². The van der Waals surface area contributed by atoms with Crippen molar-refractivity contribution in [1.29, 1.82) is 0 Å². The SMILES string of the molecule is CC1(O)CCCN(Cc2csc(-c3ccccc3)n2)CC1. The molecule has 4 heteroatoms. The zero-order chi connectivity index (χ0) is 14.7. The van der Waals surface area contributed by atoms with Crippen molar-refractivity contribution in [3.8, 4) is 10.6 Å². The first kappa shape index (κ1) is 14.7. The fourth-order valence-corrected chi connectivity index (χ4v) is 3.62. The van der Waals surface area contributed by atoms with Crippen molar-refractivity contribution in [2.75, 3.05) is 13.1 Å². The Balaban J connectivity index is 1.65. The lowest BCUT2D eigenvalue weighted by Gasteiger charge is -2.21. The van der Waals surface area contributed by atoms with E-state index in [2.05, 4.69) is 22.4 Å². The van der Waals surface area contributed by atoms with E-state index in [-0.39, 0.29) is 0 Å². The summed E-state index contributed by atoms with van der Waals surface area (Å²) in [5.74, 6) is 0. The lowest BCUT2D eigenvalue weighted by atomic mass is 9.98. The maximum Gasteiger partial charge on any atom is 0.123 e. The van der Waals surface area contributed by atoms with Gasteiger partial charge in [-0.05, 0) is 32.7 Å². The van der Waals surface area contributed by atoms with E-state index < -0.39 is 5.60 Å². The Kier molecular flexibility index (Phi) is 4.38. The number of nitrogens with zero attached hydrogens (tertiary/aromatic N) is 2. The van der Waals surface area contributed by atoms with Crippen molar-refractivity contribution in [2.24, 2.45) is 0 Å². The number of likely N-dealkylation sites (tertiary alicyclic amines) is 1. The number of thiazole rings is 1. The number of rotatable bonds is 3. The monoisotopic (exact) mass is 302 g/mol. The van der Waals surface area contributed by atoms with Gasteiger partial charge in [-0.2, -0.15) is 0 Å². The van der Waals surface area contributed by atoms with Crippen LogP contribution in [0.4, 0.5) is 0 Å². The molecule has 1 fully saturated rings. The smallest absolute Gasteiger partial charge is 0.123 e. The molecule has 0 bridgehead atoms. The van der Waals surface area contributed by atoms with Gasteiger partial charge in [0.15, 0.2) is 0 Å². The number of aliphatic hydroxyl groups is 1. The van der Waals surface area contributed by atoms with E-state index in [0.717, 1.165) is 49.6 Å². The van der Waals surface area contributed by atoms with Crippen molar-refractivity contribution < 1.29 is 5.11 Å². The third-order valence-corrected chi connectivity index (χ3v) is 5.05. The molecule has 1 atom stereocenters. The zero-order valence-corrected chi connectivity index (χ0v) is 13.3. The minimum absolute atomic E-state index is 0.494. The first-order chi connectivity index (χ1) is 10.1. The van der Waals surface area contributed by atoms with Crippen LogP contribution in [0.3, 0.4) is 0 Å². The van der Waals surface area contributed by atoms with Gasteiger partial charge < -0.3 is 5.11 Å². The van der Waals surface area contributed by atoms with Gasteiger partial charge in [0.2, 0.25) is 0 Å². The van der Waals surface area contributed by atoms with Gasteiger partial charge in [-0.15, -0.1) is 11.3 Å². The van der Waals surface area contributed by atoms with E-state index in [0.29, 0.717) is 0 Å². The Morgan fingerprint density at radius 3 is 2.86 bits per heavy atom. The first-order valence-electron chi connectivity index (χ1n) is 7.57. The summed E-state index contributed by atoms with van der Waals surface area (Å²) in [4.78, 5) is 7.16. The highest BCUT2D eigenvalue weighted by molar-refractivity contribution is 7.13. The highest BCUT2D eigenvalue weighted by atomic mass is 32.1. The quantitative estimate of drug-likeness (QED) is 0.942. The second-order valence-electron chi connectivity index (χ2n) is 6.14. The number of benzene rings is 1. The highest BCUT2D eigenvalue weighted by Crippen LogP contribution is 2.26. The molecule has 3 rings (SSSR count). The second-order valence-corrected chi connectivity index (χ2v) is 6.99. The van der Waals surface area contributed by atoms with Crippen LogP contribution in [0.5, 0.6) is 0 Å². The lowest BCUT2D eigenvalue weighted by molar-refractivity contribution is 0.0444. The van der Waals surface area contributed by atoms with Crippen LogP contribution in [0, 0.1) is 0 Å². The average Bonchev–Trinajstić information content (AvgIpc) is 2.87. The molecular formula is C17H22N2OS. The van der Waals surface area contributed by atoms with Gasteiger partial charge in [0, 0.05) is 24.0 Å². The summed E-state index contributed by atoms with van der Waals surface area (Å²) in [6.45, 7) is 4.84. The molecule has 3 nitrogen and oxygen atoms in total. The summed E-state index contributed by atoms with van der Waals surface area (Å²) in [6, 6.07) is 10.3. The molecule has 0 spiro atoms. The minimum Gasteiger partial charge on any atom is -0.390 e. The fourth-order valence-electron chi connectivity index (χ4n) is 2.80. The summed E-state index contributed by atoms with van der Waals surface area (Å²) >= 11 is 1.71. The molecule has 1 aliphatic rings. The standard InChI is InChI=1S/C17H22N2OS/c1-17(20)8-5-10-19(11-9-17)12-15-13-21-16(18-15)14-6-3-2-4-7-14/h2-4,6-7,13,20H,5,8-12H2,1H3. The van der Waals surface area contributed by atoms with Gasteiger partial charge in [-0.1, -0.05) is 30.3 Å². The van der Waals surface area contributed by atoms with Crippen LogP contribution in [-0.4, -0.2) is 33.7 Å². The maximum absolute atomic E-state index is 10.2. The van der Waals surface area contributed by atoms with E-state index >= 15 is 0 Å².